The predicted molar refractivity (Wildman–Crippen MR) is 118 cm³/mol. The Labute approximate surface area is 184 Å². The van der Waals surface area contributed by atoms with Crippen molar-refractivity contribution in [2.45, 2.75) is 23.2 Å². The first-order chi connectivity index (χ1) is 15.1. The zero-order valence-electron chi connectivity index (χ0n) is 17.1. The Morgan fingerprint density at radius 2 is 1.87 bits per heavy atom. The van der Waals surface area contributed by atoms with Gasteiger partial charge in [-0.1, -0.05) is 30.0 Å². The van der Waals surface area contributed by atoms with E-state index in [9.17, 15) is 9.59 Å². The number of imidazole rings is 1. The third-order valence-corrected chi connectivity index (χ3v) is 6.38. The molecule has 1 fully saturated rings. The Balaban J connectivity index is 1.25. The molecule has 2 aromatic heterocycles. The molecule has 0 atom stereocenters. The van der Waals surface area contributed by atoms with Crippen molar-refractivity contribution in [1.82, 2.24) is 19.4 Å². The van der Waals surface area contributed by atoms with E-state index in [1.165, 1.54) is 6.20 Å². The zero-order valence-corrected chi connectivity index (χ0v) is 17.9. The third kappa shape index (κ3) is 5.43. The van der Waals surface area contributed by atoms with Crippen molar-refractivity contribution >= 4 is 29.4 Å². The number of amides is 2. The lowest BCUT2D eigenvalue weighted by Crippen LogP contribution is -2.41. The Kier molecular flexibility index (Phi) is 6.51. The molecule has 1 saturated heterocycles. The van der Waals surface area contributed by atoms with Crippen LogP contribution in [0.2, 0.25) is 0 Å². The van der Waals surface area contributed by atoms with Crippen LogP contribution in [0.1, 0.15) is 23.2 Å². The summed E-state index contributed by atoms with van der Waals surface area (Å²) in [5.41, 5.74) is 1.09. The molecule has 1 aliphatic heterocycles. The number of ether oxygens (including phenoxy) is 1. The number of rotatable bonds is 5. The highest BCUT2D eigenvalue weighted by atomic mass is 32.2. The summed E-state index contributed by atoms with van der Waals surface area (Å²) in [7, 11) is 1.98. The fourth-order valence-electron chi connectivity index (χ4n) is 3.23. The van der Waals surface area contributed by atoms with Crippen LogP contribution in [0.15, 0.2) is 66.2 Å². The lowest BCUT2D eigenvalue weighted by molar-refractivity contribution is 0.102. The van der Waals surface area contributed by atoms with Gasteiger partial charge in [-0.05, 0) is 31.0 Å². The van der Waals surface area contributed by atoms with Gasteiger partial charge in [0.15, 0.2) is 5.16 Å². The van der Waals surface area contributed by atoms with Crippen molar-refractivity contribution < 1.29 is 14.3 Å². The monoisotopic (exact) mass is 437 g/mol. The average molecular weight is 438 g/mol. The number of carbonyl (C=O) groups is 2. The van der Waals surface area contributed by atoms with Gasteiger partial charge in [0.1, 0.15) is 0 Å². The number of nitrogens with one attached hydrogen (secondary N) is 1. The molecule has 1 aromatic carbocycles. The number of anilines is 1. The van der Waals surface area contributed by atoms with Crippen molar-refractivity contribution in [3.63, 3.8) is 0 Å². The molecule has 0 unspecified atom stereocenters. The SMILES string of the molecule is Cn1ccnc1SC1CCN(C(=O)Oc2ccc(NC(=O)c3ccccc3)cn2)CC1. The van der Waals surface area contributed by atoms with Gasteiger partial charge in [0.05, 0.1) is 11.9 Å². The summed E-state index contributed by atoms with van der Waals surface area (Å²) >= 11 is 1.75. The molecule has 1 aliphatic rings. The molecular formula is C22H23N5O3S. The summed E-state index contributed by atoms with van der Waals surface area (Å²) in [6, 6.07) is 12.1. The van der Waals surface area contributed by atoms with Crippen LogP contribution in [0.3, 0.4) is 0 Å². The molecule has 31 heavy (non-hydrogen) atoms. The van der Waals surface area contributed by atoms with Gasteiger partial charge in [0, 0.05) is 49.4 Å². The van der Waals surface area contributed by atoms with Gasteiger partial charge < -0.3 is 19.5 Å². The van der Waals surface area contributed by atoms with Crippen molar-refractivity contribution in [1.29, 1.82) is 0 Å². The molecule has 8 nitrogen and oxygen atoms in total. The molecule has 2 amide bonds. The molecule has 0 spiro atoms. The van der Waals surface area contributed by atoms with E-state index in [0.29, 0.717) is 29.6 Å². The minimum atomic E-state index is -0.408. The topological polar surface area (TPSA) is 89.4 Å². The van der Waals surface area contributed by atoms with Gasteiger partial charge in [0.25, 0.3) is 5.91 Å². The van der Waals surface area contributed by atoms with Crippen LogP contribution >= 0.6 is 11.8 Å². The smallest absolute Gasteiger partial charge is 0.391 e. The predicted octanol–water partition coefficient (Wildman–Crippen LogP) is 3.82. The number of hydrogen-bond donors (Lipinski definition) is 1. The molecule has 160 valence electrons. The van der Waals surface area contributed by atoms with Crippen LogP contribution in [0, 0.1) is 0 Å². The van der Waals surface area contributed by atoms with Gasteiger partial charge in [-0.2, -0.15) is 0 Å². The Morgan fingerprint density at radius 3 is 2.52 bits per heavy atom. The van der Waals surface area contributed by atoms with Gasteiger partial charge in [-0.3, -0.25) is 4.79 Å². The second-order valence-electron chi connectivity index (χ2n) is 7.20. The van der Waals surface area contributed by atoms with Gasteiger partial charge in [0.2, 0.25) is 5.88 Å². The second kappa shape index (κ2) is 9.65. The summed E-state index contributed by atoms with van der Waals surface area (Å²) in [6.45, 7) is 1.26. The van der Waals surface area contributed by atoms with E-state index < -0.39 is 6.09 Å². The van der Waals surface area contributed by atoms with Crippen LogP contribution in [0.25, 0.3) is 0 Å². The van der Waals surface area contributed by atoms with Crippen molar-refractivity contribution in [3.05, 3.63) is 66.6 Å². The summed E-state index contributed by atoms with van der Waals surface area (Å²) in [5.74, 6) is -0.0225. The quantitative estimate of drug-likeness (QED) is 0.653. The first kappa shape index (κ1) is 20.9. The number of benzene rings is 1. The van der Waals surface area contributed by atoms with Crippen LogP contribution in [0.5, 0.6) is 5.88 Å². The Morgan fingerprint density at radius 1 is 1.10 bits per heavy atom. The van der Waals surface area contributed by atoms with E-state index in [2.05, 4.69) is 15.3 Å². The zero-order chi connectivity index (χ0) is 21.6. The van der Waals surface area contributed by atoms with E-state index in [1.807, 2.05) is 23.9 Å². The van der Waals surface area contributed by atoms with Crippen molar-refractivity contribution in [3.8, 4) is 5.88 Å². The van der Waals surface area contributed by atoms with E-state index in [0.717, 1.165) is 18.0 Å². The standard InChI is InChI=1S/C22H23N5O3S/c1-26-14-11-23-21(26)31-18-9-12-27(13-10-18)22(29)30-19-8-7-17(15-24-19)25-20(28)16-5-3-2-4-6-16/h2-8,11,14-15,18H,9-10,12-13H2,1H3,(H,25,28). The number of aryl methyl sites for hydroxylation is 1. The van der Waals surface area contributed by atoms with E-state index in [4.69, 9.17) is 4.74 Å². The molecule has 3 aromatic rings. The highest BCUT2D eigenvalue weighted by Gasteiger charge is 2.25. The summed E-state index contributed by atoms with van der Waals surface area (Å²) in [4.78, 5) is 34.8. The minimum Gasteiger partial charge on any atom is -0.391 e. The van der Waals surface area contributed by atoms with Crippen LogP contribution < -0.4 is 10.1 Å². The summed E-state index contributed by atoms with van der Waals surface area (Å²) in [5, 5.41) is 4.18. The fourth-order valence-corrected chi connectivity index (χ4v) is 4.33. The van der Waals surface area contributed by atoms with Crippen LogP contribution in [-0.4, -0.2) is 49.8 Å². The highest BCUT2D eigenvalue weighted by Crippen LogP contribution is 2.29. The Bertz CT molecular complexity index is 1030. The molecule has 3 heterocycles. The molecule has 9 heteroatoms. The molecule has 1 N–H and O–H groups in total. The number of carbonyl (C=O) groups excluding carboxylic acids is 2. The normalized spacial score (nSPS) is 14.3. The average Bonchev–Trinajstić information content (AvgIpc) is 3.20. The first-order valence-corrected chi connectivity index (χ1v) is 10.9. The second-order valence-corrected chi connectivity index (χ2v) is 8.47. The number of likely N-dealkylation sites (tertiary alicyclic amines) is 1. The fraction of sp³-hybridized carbons (Fsp3) is 0.273. The first-order valence-electron chi connectivity index (χ1n) is 10.0. The summed E-state index contributed by atoms with van der Waals surface area (Å²) in [6.07, 6.45) is 6.54. The number of nitrogens with zero attached hydrogens (tertiary/aromatic N) is 4. The maximum absolute atomic E-state index is 12.5. The van der Waals surface area contributed by atoms with Crippen molar-refractivity contribution in [2.75, 3.05) is 18.4 Å². The molecule has 0 radical (unpaired) electrons. The molecule has 0 saturated carbocycles. The molecular weight excluding hydrogens is 414 g/mol. The number of piperidine rings is 1. The van der Waals surface area contributed by atoms with Gasteiger partial charge >= 0.3 is 6.09 Å². The van der Waals surface area contributed by atoms with E-state index in [-0.39, 0.29) is 11.8 Å². The largest absolute Gasteiger partial charge is 0.416 e. The highest BCUT2D eigenvalue weighted by molar-refractivity contribution is 7.99. The maximum atomic E-state index is 12.5. The van der Waals surface area contributed by atoms with Gasteiger partial charge in [-0.15, -0.1) is 0 Å². The number of pyridine rings is 1. The van der Waals surface area contributed by atoms with Crippen LogP contribution in [-0.2, 0) is 7.05 Å². The number of thioether (sulfide) groups is 1. The van der Waals surface area contributed by atoms with E-state index in [1.54, 1.807) is 59.3 Å². The lowest BCUT2D eigenvalue weighted by atomic mass is 10.1. The van der Waals surface area contributed by atoms with Gasteiger partial charge in [-0.25, -0.2) is 14.8 Å². The number of aromatic nitrogens is 3. The third-order valence-electron chi connectivity index (χ3n) is 4.97. The molecule has 0 aliphatic carbocycles. The Hall–Kier alpha value is -3.33. The minimum absolute atomic E-state index is 0.201. The van der Waals surface area contributed by atoms with Crippen LogP contribution in [0.4, 0.5) is 10.5 Å². The number of hydrogen-bond acceptors (Lipinski definition) is 6. The van der Waals surface area contributed by atoms with Crippen molar-refractivity contribution in [2.24, 2.45) is 7.05 Å². The lowest BCUT2D eigenvalue weighted by Gasteiger charge is -2.30. The molecule has 0 bridgehead atoms. The van der Waals surface area contributed by atoms with E-state index >= 15 is 0 Å². The molecule has 4 rings (SSSR count). The maximum Gasteiger partial charge on any atom is 0.416 e. The summed E-state index contributed by atoms with van der Waals surface area (Å²) < 4.78 is 7.40.